The van der Waals surface area contributed by atoms with Crippen LogP contribution in [0.4, 0.5) is 5.13 Å². The Morgan fingerprint density at radius 2 is 2.11 bits per heavy atom. The fourth-order valence-corrected chi connectivity index (χ4v) is 4.32. The third-order valence-corrected chi connectivity index (χ3v) is 6.00. The second kappa shape index (κ2) is 4.72. The predicted octanol–water partition coefficient (Wildman–Crippen LogP) is 0.0459. The summed E-state index contributed by atoms with van der Waals surface area (Å²) in [6.45, 7) is 2.40. The van der Waals surface area contributed by atoms with Gasteiger partial charge in [-0.2, -0.15) is 4.31 Å². The largest absolute Gasteiger partial charge is 0.390 e. The smallest absolute Gasteiger partial charge is 0.272 e. The average molecular weight is 292 g/mol. The van der Waals surface area contributed by atoms with Crippen LogP contribution in [-0.2, 0) is 10.0 Å². The molecule has 0 spiro atoms. The molecule has 102 valence electrons. The third-order valence-electron chi connectivity index (χ3n) is 3.01. The number of nitrogens with two attached hydrogens (primary N) is 1. The van der Waals surface area contributed by atoms with Gasteiger partial charge in [-0.05, 0) is 26.2 Å². The van der Waals surface area contributed by atoms with Crippen LogP contribution in [0.3, 0.4) is 0 Å². The van der Waals surface area contributed by atoms with Crippen LogP contribution in [-0.4, -0.2) is 46.7 Å². The van der Waals surface area contributed by atoms with Gasteiger partial charge in [0, 0.05) is 13.1 Å². The van der Waals surface area contributed by atoms with Crippen LogP contribution in [0, 0.1) is 0 Å². The molecular weight excluding hydrogens is 276 g/mol. The zero-order chi connectivity index (χ0) is 13.4. The molecule has 0 radical (unpaired) electrons. The minimum atomic E-state index is -3.63. The van der Waals surface area contributed by atoms with Gasteiger partial charge in [0.1, 0.15) is 0 Å². The fraction of sp³-hybridized carbons (Fsp3) is 0.778. The lowest BCUT2D eigenvalue weighted by Gasteiger charge is -2.21. The van der Waals surface area contributed by atoms with Gasteiger partial charge >= 0.3 is 0 Å². The molecule has 1 fully saturated rings. The highest BCUT2D eigenvalue weighted by Crippen LogP contribution is 2.27. The normalized spacial score (nSPS) is 27.0. The summed E-state index contributed by atoms with van der Waals surface area (Å²) in [5.74, 6) is 0. The van der Waals surface area contributed by atoms with Crippen molar-refractivity contribution in [2.24, 2.45) is 0 Å². The van der Waals surface area contributed by atoms with E-state index >= 15 is 0 Å². The highest BCUT2D eigenvalue weighted by Gasteiger charge is 2.33. The first kappa shape index (κ1) is 13.7. The standard InChI is InChI=1S/C9H16N4O3S2/c1-9(14)3-2-5-13(6-4-9)18(15,16)8-12-11-7(10)17-8/h14H,2-6H2,1H3,(H2,10,11). The SMILES string of the molecule is CC1(O)CCCN(S(=O)(=O)c2nnc(N)s2)CC1. The summed E-state index contributed by atoms with van der Waals surface area (Å²) in [7, 11) is -3.63. The molecule has 1 aromatic rings. The summed E-state index contributed by atoms with van der Waals surface area (Å²) < 4.78 is 25.8. The van der Waals surface area contributed by atoms with Crippen molar-refractivity contribution in [2.45, 2.75) is 36.1 Å². The van der Waals surface area contributed by atoms with E-state index in [0.29, 0.717) is 25.8 Å². The van der Waals surface area contributed by atoms with Gasteiger partial charge in [0.15, 0.2) is 0 Å². The first-order valence-electron chi connectivity index (χ1n) is 5.63. The van der Waals surface area contributed by atoms with Gasteiger partial charge in [-0.25, -0.2) is 8.42 Å². The minimum absolute atomic E-state index is 0.0819. The molecule has 7 nitrogen and oxygen atoms in total. The molecule has 1 unspecified atom stereocenters. The van der Waals surface area contributed by atoms with Gasteiger partial charge in [0.05, 0.1) is 5.60 Å². The zero-order valence-electron chi connectivity index (χ0n) is 10.0. The molecule has 18 heavy (non-hydrogen) atoms. The van der Waals surface area contributed by atoms with E-state index in [2.05, 4.69) is 10.2 Å². The topological polar surface area (TPSA) is 109 Å². The van der Waals surface area contributed by atoms with Gasteiger partial charge in [-0.1, -0.05) is 11.3 Å². The number of rotatable bonds is 2. The lowest BCUT2D eigenvalue weighted by atomic mass is 9.98. The van der Waals surface area contributed by atoms with Crippen molar-refractivity contribution in [1.29, 1.82) is 0 Å². The Morgan fingerprint density at radius 3 is 2.72 bits per heavy atom. The average Bonchev–Trinajstić information content (AvgIpc) is 2.61. The minimum Gasteiger partial charge on any atom is -0.390 e. The predicted molar refractivity (Wildman–Crippen MR) is 67.6 cm³/mol. The van der Waals surface area contributed by atoms with Gasteiger partial charge in [-0.15, -0.1) is 10.2 Å². The molecule has 0 aliphatic carbocycles. The van der Waals surface area contributed by atoms with E-state index in [1.165, 1.54) is 4.31 Å². The molecular formula is C9H16N4O3S2. The highest BCUT2D eigenvalue weighted by atomic mass is 32.2. The zero-order valence-corrected chi connectivity index (χ0v) is 11.7. The number of nitrogens with zero attached hydrogens (tertiary/aromatic N) is 3. The summed E-state index contributed by atoms with van der Waals surface area (Å²) in [4.78, 5) is 0. The van der Waals surface area contributed by atoms with E-state index in [0.717, 1.165) is 11.3 Å². The molecule has 1 saturated heterocycles. The highest BCUT2D eigenvalue weighted by molar-refractivity contribution is 7.91. The Labute approximate surface area is 110 Å². The van der Waals surface area contributed by atoms with Crippen molar-refractivity contribution in [3.05, 3.63) is 0 Å². The maximum absolute atomic E-state index is 12.3. The van der Waals surface area contributed by atoms with Crippen LogP contribution in [0.1, 0.15) is 26.2 Å². The van der Waals surface area contributed by atoms with Gasteiger partial charge in [0.25, 0.3) is 10.0 Å². The Balaban J connectivity index is 2.21. The van der Waals surface area contributed by atoms with Gasteiger partial charge in [0.2, 0.25) is 9.47 Å². The van der Waals surface area contributed by atoms with Crippen molar-refractivity contribution >= 4 is 26.5 Å². The van der Waals surface area contributed by atoms with E-state index < -0.39 is 15.6 Å². The number of sulfonamides is 1. The molecule has 1 aliphatic heterocycles. The van der Waals surface area contributed by atoms with Crippen LogP contribution in [0.2, 0.25) is 0 Å². The quantitative estimate of drug-likeness (QED) is 0.797. The maximum atomic E-state index is 12.3. The number of anilines is 1. The number of hydrogen-bond acceptors (Lipinski definition) is 7. The molecule has 1 atom stereocenters. The Bertz CT molecular complexity index is 526. The van der Waals surface area contributed by atoms with Gasteiger partial charge < -0.3 is 10.8 Å². The van der Waals surface area contributed by atoms with Crippen LogP contribution in [0.25, 0.3) is 0 Å². The summed E-state index contributed by atoms with van der Waals surface area (Å²) in [5.41, 5.74) is 4.60. The monoisotopic (exact) mass is 292 g/mol. The number of hydrogen-bond donors (Lipinski definition) is 2. The Hall–Kier alpha value is -0.770. The summed E-state index contributed by atoms with van der Waals surface area (Å²) in [6, 6.07) is 0. The molecule has 1 aliphatic rings. The molecule has 0 aromatic carbocycles. The molecule has 0 amide bonds. The van der Waals surface area contributed by atoms with Crippen molar-refractivity contribution in [2.75, 3.05) is 18.8 Å². The maximum Gasteiger partial charge on any atom is 0.272 e. The fourth-order valence-electron chi connectivity index (χ4n) is 1.91. The molecule has 0 bridgehead atoms. The van der Waals surface area contributed by atoms with Crippen molar-refractivity contribution in [1.82, 2.24) is 14.5 Å². The van der Waals surface area contributed by atoms with E-state index in [1.54, 1.807) is 6.92 Å². The molecule has 2 rings (SSSR count). The molecule has 3 N–H and O–H groups in total. The van der Waals surface area contributed by atoms with E-state index in [1.807, 2.05) is 0 Å². The molecule has 0 saturated carbocycles. The third kappa shape index (κ3) is 2.79. The van der Waals surface area contributed by atoms with Crippen LogP contribution >= 0.6 is 11.3 Å². The summed E-state index contributed by atoms with van der Waals surface area (Å²) >= 11 is 0.858. The number of nitrogen functional groups attached to an aromatic ring is 1. The van der Waals surface area contributed by atoms with Gasteiger partial charge in [-0.3, -0.25) is 0 Å². The number of aliphatic hydroxyl groups is 1. The van der Waals surface area contributed by atoms with Crippen LogP contribution < -0.4 is 5.73 Å². The molecule has 9 heteroatoms. The van der Waals surface area contributed by atoms with Crippen LogP contribution in [0.5, 0.6) is 0 Å². The lowest BCUT2D eigenvalue weighted by molar-refractivity contribution is 0.0465. The summed E-state index contributed by atoms with van der Waals surface area (Å²) in [6.07, 6.45) is 1.64. The Kier molecular flexibility index (Phi) is 3.58. The first-order valence-corrected chi connectivity index (χ1v) is 7.88. The van der Waals surface area contributed by atoms with Crippen molar-refractivity contribution in [3.63, 3.8) is 0 Å². The van der Waals surface area contributed by atoms with E-state index in [9.17, 15) is 13.5 Å². The van der Waals surface area contributed by atoms with Crippen molar-refractivity contribution in [3.8, 4) is 0 Å². The second-order valence-electron chi connectivity index (χ2n) is 4.66. The van der Waals surface area contributed by atoms with E-state index in [4.69, 9.17) is 5.73 Å². The second-order valence-corrected chi connectivity index (χ2v) is 7.78. The molecule has 2 heterocycles. The van der Waals surface area contributed by atoms with E-state index in [-0.39, 0.29) is 16.0 Å². The number of aromatic nitrogens is 2. The Morgan fingerprint density at radius 1 is 1.39 bits per heavy atom. The first-order chi connectivity index (χ1) is 8.31. The van der Waals surface area contributed by atoms with Crippen LogP contribution in [0.15, 0.2) is 4.34 Å². The molecule has 1 aromatic heterocycles. The lowest BCUT2D eigenvalue weighted by Crippen LogP contribution is -2.33. The van der Waals surface area contributed by atoms with Crippen molar-refractivity contribution < 1.29 is 13.5 Å². The summed E-state index contributed by atoms with van der Waals surface area (Å²) in [5, 5.41) is 17.2.